The Kier molecular flexibility index (Phi) is 5.13. The van der Waals surface area contributed by atoms with E-state index in [-0.39, 0.29) is 18.4 Å². The van der Waals surface area contributed by atoms with Crippen molar-refractivity contribution in [2.75, 3.05) is 0 Å². The van der Waals surface area contributed by atoms with Gasteiger partial charge in [-0.3, -0.25) is 4.79 Å². The van der Waals surface area contributed by atoms with E-state index in [1.165, 1.54) is 12.8 Å². The van der Waals surface area contributed by atoms with Gasteiger partial charge in [-0.05, 0) is 51.2 Å². The van der Waals surface area contributed by atoms with E-state index in [0.29, 0.717) is 18.2 Å². The van der Waals surface area contributed by atoms with Gasteiger partial charge in [-0.2, -0.15) is 0 Å². The van der Waals surface area contributed by atoms with E-state index >= 15 is 0 Å². The van der Waals surface area contributed by atoms with Gasteiger partial charge in [-0.1, -0.05) is 5.16 Å². The summed E-state index contributed by atoms with van der Waals surface area (Å²) >= 11 is 0. The fourth-order valence-corrected chi connectivity index (χ4v) is 2.98. The number of hydrogen-bond donors (Lipinski definition) is 1. The van der Waals surface area contributed by atoms with Crippen LogP contribution in [0.1, 0.15) is 48.3 Å². The lowest BCUT2D eigenvalue weighted by atomic mass is 10.1. The summed E-state index contributed by atoms with van der Waals surface area (Å²) in [6, 6.07) is 3.78. The van der Waals surface area contributed by atoms with Crippen LogP contribution in [0, 0.1) is 13.8 Å². The average Bonchev–Trinajstić information content (AvgIpc) is 3.18. The van der Waals surface area contributed by atoms with Crippen molar-refractivity contribution >= 4 is 5.91 Å². The van der Waals surface area contributed by atoms with E-state index in [9.17, 15) is 4.79 Å². The van der Waals surface area contributed by atoms with Gasteiger partial charge in [0.15, 0.2) is 0 Å². The number of pyridine rings is 1. The van der Waals surface area contributed by atoms with Gasteiger partial charge in [0.1, 0.15) is 11.9 Å². The second-order valence-corrected chi connectivity index (χ2v) is 6.28. The van der Waals surface area contributed by atoms with Crippen molar-refractivity contribution in [1.82, 2.24) is 15.5 Å². The number of rotatable bonds is 6. The van der Waals surface area contributed by atoms with Crippen LogP contribution in [0.2, 0.25) is 0 Å². The molecule has 1 aliphatic rings. The Morgan fingerprint density at radius 3 is 2.88 bits per heavy atom. The standard InChI is InChI=1S/C18H23N3O3/c1-12-16(13(2)24-21-12)10-17(22)20-11-14-7-8-19-18(9-14)23-15-5-3-4-6-15/h7-9,15H,3-6,10-11H2,1-2H3,(H,20,22). The van der Waals surface area contributed by atoms with Crippen LogP contribution in [-0.2, 0) is 17.8 Å². The second kappa shape index (κ2) is 7.47. The largest absolute Gasteiger partial charge is 0.474 e. The van der Waals surface area contributed by atoms with Gasteiger partial charge in [0, 0.05) is 24.4 Å². The van der Waals surface area contributed by atoms with Crippen molar-refractivity contribution in [1.29, 1.82) is 0 Å². The van der Waals surface area contributed by atoms with Crippen molar-refractivity contribution in [3.63, 3.8) is 0 Å². The Balaban J connectivity index is 1.53. The van der Waals surface area contributed by atoms with Crippen molar-refractivity contribution in [3.8, 4) is 5.88 Å². The summed E-state index contributed by atoms with van der Waals surface area (Å²) in [4.78, 5) is 16.4. The monoisotopic (exact) mass is 329 g/mol. The molecular weight excluding hydrogens is 306 g/mol. The Labute approximate surface area is 141 Å². The predicted molar refractivity (Wildman–Crippen MR) is 88.6 cm³/mol. The summed E-state index contributed by atoms with van der Waals surface area (Å²) in [6.45, 7) is 4.11. The highest BCUT2D eigenvalue weighted by Crippen LogP contribution is 2.23. The van der Waals surface area contributed by atoms with Crippen LogP contribution in [0.25, 0.3) is 0 Å². The Hall–Kier alpha value is -2.37. The number of ether oxygens (including phenoxy) is 1. The molecule has 1 N–H and O–H groups in total. The van der Waals surface area contributed by atoms with Gasteiger partial charge < -0.3 is 14.6 Å². The molecule has 3 rings (SSSR count). The summed E-state index contributed by atoms with van der Waals surface area (Å²) in [7, 11) is 0. The normalized spacial score (nSPS) is 14.8. The van der Waals surface area contributed by atoms with Crippen LogP contribution in [0.15, 0.2) is 22.9 Å². The van der Waals surface area contributed by atoms with E-state index in [1.54, 1.807) is 6.20 Å². The minimum absolute atomic E-state index is 0.0560. The van der Waals surface area contributed by atoms with Gasteiger partial charge in [-0.25, -0.2) is 4.98 Å². The molecule has 1 saturated carbocycles. The molecule has 0 radical (unpaired) electrons. The van der Waals surface area contributed by atoms with Gasteiger partial charge in [0.25, 0.3) is 0 Å². The van der Waals surface area contributed by atoms with Gasteiger partial charge in [-0.15, -0.1) is 0 Å². The molecule has 128 valence electrons. The Bertz CT molecular complexity index is 686. The van der Waals surface area contributed by atoms with Crippen molar-refractivity contribution in [2.45, 2.75) is 58.6 Å². The molecular formula is C18H23N3O3. The van der Waals surface area contributed by atoms with Crippen LogP contribution >= 0.6 is 0 Å². The van der Waals surface area contributed by atoms with Crippen molar-refractivity contribution in [2.24, 2.45) is 0 Å². The topological polar surface area (TPSA) is 77.3 Å². The Morgan fingerprint density at radius 2 is 2.17 bits per heavy atom. The summed E-state index contributed by atoms with van der Waals surface area (Å²) in [5, 5.41) is 6.79. The molecule has 0 atom stereocenters. The van der Waals surface area contributed by atoms with Gasteiger partial charge >= 0.3 is 0 Å². The maximum absolute atomic E-state index is 12.1. The number of hydrogen-bond acceptors (Lipinski definition) is 5. The van der Waals surface area contributed by atoms with Crippen LogP contribution in [0.5, 0.6) is 5.88 Å². The van der Waals surface area contributed by atoms with Crippen LogP contribution in [0.4, 0.5) is 0 Å². The number of carbonyl (C=O) groups excluding carboxylic acids is 1. The molecule has 1 fully saturated rings. The fraction of sp³-hybridized carbons (Fsp3) is 0.500. The summed E-state index contributed by atoms with van der Waals surface area (Å²) in [5.41, 5.74) is 2.59. The average molecular weight is 329 g/mol. The molecule has 2 aromatic heterocycles. The predicted octanol–water partition coefficient (Wildman–Crippen LogP) is 2.87. The van der Waals surface area contributed by atoms with Crippen LogP contribution < -0.4 is 10.1 Å². The molecule has 1 aliphatic carbocycles. The minimum atomic E-state index is -0.0560. The molecule has 0 spiro atoms. The third-order valence-electron chi connectivity index (χ3n) is 4.40. The summed E-state index contributed by atoms with van der Waals surface area (Å²) in [6.07, 6.45) is 6.92. The summed E-state index contributed by atoms with van der Waals surface area (Å²) in [5.74, 6) is 1.28. The van der Waals surface area contributed by atoms with Crippen molar-refractivity contribution < 1.29 is 14.1 Å². The third-order valence-corrected chi connectivity index (χ3v) is 4.40. The first kappa shape index (κ1) is 16.5. The lowest BCUT2D eigenvalue weighted by Gasteiger charge is -2.13. The molecule has 1 amide bonds. The minimum Gasteiger partial charge on any atom is -0.474 e. The zero-order chi connectivity index (χ0) is 16.9. The van der Waals surface area contributed by atoms with Gasteiger partial charge in [0.05, 0.1) is 12.1 Å². The first-order valence-electron chi connectivity index (χ1n) is 8.42. The molecule has 2 aromatic rings. The Morgan fingerprint density at radius 1 is 1.38 bits per heavy atom. The first-order chi connectivity index (χ1) is 11.6. The molecule has 0 unspecified atom stereocenters. The first-order valence-corrected chi connectivity index (χ1v) is 8.42. The highest BCUT2D eigenvalue weighted by Gasteiger charge is 2.17. The van der Waals surface area contributed by atoms with E-state index in [4.69, 9.17) is 9.26 Å². The number of carbonyl (C=O) groups is 1. The molecule has 6 heteroatoms. The number of amides is 1. The number of aryl methyl sites for hydroxylation is 2. The summed E-state index contributed by atoms with van der Waals surface area (Å²) < 4.78 is 11.0. The number of nitrogens with zero attached hydrogens (tertiary/aromatic N) is 2. The van der Waals surface area contributed by atoms with E-state index in [0.717, 1.165) is 29.7 Å². The maximum atomic E-state index is 12.1. The molecule has 2 heterocycles. The quantitative estimate of drug-likeness (QED) is 0.882. The molecule has 0 bridgehead atoms. The molecule has 0 aliphatic heterocycles. The fourth-order valence-electron chi connectivity index (χ4n) is 2.98. The molecule has 0 saturated heterocycles. The molecule has 24 heavy (non-hydrogen) atoms. The maximum Gasteiger partial charge on any atom is 0.224 e. The second-order valence-electron chi connectivity index (χ2n) is 6.28. The molecule has 6 nitrogen and oxygen atoms in total. The zero-order valence-corrected chi connectivity index (χ0v) is 14.2. The van der Waals surface area contributed by atoms with Crippen LogP contribution in [-0.4, -0.2) is 22.2 Å². The highest BCUT2D eigenvalue weighted by molar-refractivity contribution is 5.78. The smallest absolute Gasteiger partial charge is 0.224 e. The zero-order valence-electron chi connectivity index (χ0n) is 14.2. The molecule has 0 aromatic carbocycles. The number of aromatic nitrogens is 2. The van der Waals surface area contributed by atoms with E-state index in [1.807, 2.05) is 26.0 Å². The van der Waals surface area contributed by atoms with Gasteiger partial charge in [0.2, 0.25) is 11.8 Å². The van der Waals surface area contributed by atoms with E-state index in [2.05, 4.69) is 15.5 Å². The lowest BCUT2D eigenvalue weighted by molar-refractivity contribution is -0.120. The SMILES string of the molecule is Cc1noc(C)c1CC(=O)NCc1ccnc(OC2CCCC2)c1. The number of nitrogens with one attached hydrogen (secondary N) is 1. The highest BCUT2D eigenvalue weighted by atomic mass is 16.5. The third kappa shape index (κ3) is 4.13. The van der Waals surface area contributed by atoms with E-state index < -0.39 is 0 Å². The van der Waals surface area contributed by atoms with Crippen LogP contribution in [0.3, 0.4) is 0 Å². The lowest BCUT2D eigenvalue weighted by Crippen LogP contribution is -2.25. The van der Waals surface area contributed by atoms with Crippen molar-refractivity contribution in [3.05, 3.63) is 40.9 Å².